The Morgan fingerprint density at radius 1 is 1.38 bits per heavy atom. The van der Waals surface area contributed by atoms with Gasteiger partial charge in [0.2, 0.25) is 0 Å². The van der Waals surface area contributed by atoms with Crippen LogP contribution in [0.2, 0.25) is 0 Å². The van der Waals surface area contributed by atoms with E-state index in [1.807, 2.05) is 37.4 Å². The number of pyridine rings is 1. The van der Waals surface area contributed by atoms with Crippen molar-refractivity contribution in [1.29, 1.82) is 0 Å². The van der Waals surface area contributed by atoms with Gasteiger partial charge in [0, 0.05) is 17.6 Å². The van der Waals surface area contributed by atoms with Gasteiger partial charge in [-0.25, -0.2) is 8.42 Å². The fraction of sp³-hybridized carbons (Fsp3) is 0.438. The van der Waals surface area contributed by atoms with Gasteiger partial charge in [0.1, 0.15) is 0 Å². The van der Waals surface area contributed by atoms with Crippen molar-refractivity contribution in [3.8, 4) is 0 Å². The van der Waals surface area contributed by atoms with Gasteiger partial charge in [0.15, 0.2) is 9.84 Å². The summed E-state index contributed by atoms with van der Waals surface area (Å²) in [4.78, 5) is 4.50. The molecule has 1 N–H and O–H groups in total. The largest absolute Gasteiger partial charge is 0.310 e. The number of aromatic nitrogens is 1. The second-order valence-corrected chi connectivity index (χ2v) is 7.89. The lowest BCUT2D eigenvalue weighted by molar-refractivity contribution is 0.400. The van der Waals surface area contributed by atoms with Crippen LogP contribution in [0.3, 0.4) is 0 Å². The van der Waals surface area contributed by atoms with E-state index in [4.69, 9.17) is 0 Å². The molecule has 1 aliphatic rings. The van der Waals surface area contributed by atoms with Crippen molar-refractivity contribution in [3.05, 3.63) is 42.1 Å². The van der Waals surface area contributed by atoms with Crippen LogP contribution in [0.1, 0.15) is 24.9 Å². The van der Waals surface area contributed by atoms with E-state index in [9.17, 15) is 8.42 Å². The summed E-state index contributed by atoms with van der Waals surface area (Å²) in [6, 6.07) is 10.2. The third kappa shape index (κ3) is 3.09. The molecule has 0 spiro atoms. The molecule has 0 radical (unpaired) electrons. The van der Waals surface area contributed by atoms with Crippen molar-refractivity contribution in [2.45, 2.75) is 19.4 Å². The van der Waals surface area contributed by atoms with Crippen LogP contribution in [0, 0.1) is 5.92 Å². The molecule has 0 aliphatic carbocycles. The molecule has 0 saturated carbocycles. The summed E-state index contributed by atoms with van der Waals surface area (Å²) >= 11 is 0. The molecule has 1 aliphatic heterocycles. The first-order valence-electron chi connectivity index (χ1n) is 7.37. The minimum absolute atomic E-state index is 0.0596. The molecule has 2 aromatic rings. The first kappa shape index (κ1) is 14.5. The monoisotopic (exact) mass is 304 g/mol. The first-order valence-corrected chi connectivity index (χ1v) is 9.20. The van der Waals surface area contributed by atoms with Crippen LogP contribution < -0.4 is 5.32 Å². The average molecular weight is 304 g/mol. The lowest BCUT2D eigenvalue weighted by atomic mass is 9.92. The van der Waals surface area contributed by atoms with Gasteiger partial charge in [-0.3, -0.25) is 4.98 Å². The number of rotatable bonds is 4. The van der Waals surface area contributed by atoms with Crippen LogP contribution in [0.15, 0.2) is 36.5 Å². The Bertz CT molecular complexity index is 743. The summed E-state index contributed by atoms with van der Waals surface area (Å²) in [7, 11) is -2.87. The molecule has 2 atom stereocenters. The topological polar surface area (TPSA) is 59.1 Å². The molecule has 4 nitrogen and oxygen atoms in total. The van der Waals surface area contributed by atoms with Crippen molar-refractivity contribution in [1.82, 2.24) is 10.3 Å². The van der Waals surface area contributed by atoms with E-state index >= 15 is 0 Å². The number of sulfone groups is 1. The Labute approximate surface area is 125 Å². The number of benzene rings is 1. The SMILES string of the molecule is CCNC(c1cnc2ccccc2c1)C1CCS(=O)(=O)C1. The van der Waals surface area contributed by atoms with Gasteiger partial charge in [-0.15, -0.1) is 0 Å². The summed E-state index contributed by atoms with van der Waals surface area (Å²) in [6.07, 6.45) is 2.60. The Morgan fingerprint density at radius 2 is 2.19 bits per heavy atom. The maximum Gasteiger partial charge on any atom is 0.150 e. The van der Waals surface area contributed by atoms with Gasteiger partial charge in [0.25, 0.3) is 0 Å². The number of para-hydroxylation sites is 1. The maximum absolute atomic E-state index is 11.7. The number of nitrogens with one attached hydrogen (secondary N) is 1. The lowest BCUT2D eigenvalue weighted by Gasteiger charge is -2.24. The predicted octanol–water partition coefficient (Wildman–Crippen LogP) is 2.32. The van der Waals surface area contributed by atoms with Crippen molar-refractivity contribution in [3.63, 3.8) is 0 Å². The number of fused-ring (bicyclic) bond motifs is 1. The molecule has 2 unspecified atom stereocenters. The molecule has 0 bridgehead atoms. The minimum atomic E-state index is -2.87. The summed E-state index contributed by atoms with van der Waals surface area (Å²) in [5, 5.41) is 4.53. The molecule has 1 aromatic heterocycles. The Morgan fingerprint density at radius 3 is 2.90 bits per heavy atom. The van der Waals surface area contributed by atoms with E-state index in [1.54, 1.807) is 0 Å². The average Bonchev–Trinajstić information content (AvgIpc) is 2.84. The molecule has 5 heteroatoms. The highest BCUT2D eigenvalue weighted by Crippen LogP contribution is 2.32. The number of nitrogens with zero attached hydrogens (tertiary/aromatic N) is 1. The quantitative estimate of drug-likeness (QED) is 0.942. The smallest absolute Gasteiger partial charge is 0.150 e. The molecule has 2 heterocycles. The van der Waals surface area contributed by atoms with Crippen LogP contribution >= 0.6 is 0 Å². The van der Waals surface area contributed by atoms with Gasteiger partial charge in [-0.2, -0.15) is 0 Å². The molecule has 21 heavy (non-hydrogen) atoms. The van der Waals surface area contributed by atoms with E-state index in [0.29, 0.717) is 5.75 Å². The van der Waals surface area contributed by atoms with E-state index < -0.39 is 9.84 Å². The molecule has 1 aromatic carbocycles. The highest BCUT2D eigenvalue weighted by molar-refractivity contribution is 7.91. The normalized spacial score (nSPS) is 22.4. The summed E-state index contributed by atoms with van der Waals surface area (Å²) < 4.78 is 23.5. The molecular formula is C16H20N2O2S. The first-order chi connectivity index (χ1) is 10.1. The van der Waals surface area contributed by atoms with E-state index in [2.05, 4.69) is 16.4 Å². The van der Waals surface area contributed by atoms with Crippen molar-refractivity contribution in [2.24, 2.45) is 5.92 Å². The van der Waals surface area contributed by atoms with Gasteiger partial charge in [-0.1, -0.05) is 25.1 Å². The highest BCUT2D eigenvalue weighted by Gasteiger charge is 2.34. The lowest BCUT2D eigenvalue weighted by Crippen LogP contribution is -2.29. The third-order valence-corrected chi connectivity index (χ3v) is 5.93. The Hall–Kier alpha value is -1.46. The van der Waals surface area contributed by atoms with E-state index in [1.165, 1.54) is 0 Å². The van der Waals surface area contributed by atoms with Crippen LogP contribution in [-0.2, 0) is 9.84 Å². The van der Waals surface area contributed by atoms with Gasteiger partial charge >= 0.3 is 0 Å². The second-order valence-electron chi connectivity index (χ2n) is 5.66. The van der Waals surface area contributed by atoms with Crippen LogP contribution in [0.5, 0.6) is 0 Å². The molecule has 112 valence electrons. The molecular weight excluding hydrogens is 284 g/mol. The summed E-state index contributed by atoms with van der Waals surface area (Å²) in [5.74, 6) is 0.718. The molecule has 3 rings (SSSR count). The number of hydrogen-bond acceptors (Lipinski definition) is 4. The third-order valence-electron chi connectivity index (χ3n) is 4.13. The predicted molar refractivity (Wildman–Crippen MR) is 84.9 cm³/mol. The zero-order chi connectivity index (χ0) is 14.9. The Balaban J connectivity index is 1.95. The summed E-state index contributed by atoms with van der Waals surface area (Å²) in [5.41, 5.74) is 2.05. The standard InChI is InChI=1S/C16H20N2O2S/c1-2-17-16(13-7-8-21(19,20)11-13)14-9-12-5-3-4-6-15(12)18-10-14/h3-6,9-10,13,16-17H,2,7-8,11H2,1H3. The summed E-state index contributed by atoms with van der Waals surface area (Å²) in [6.45, 7) is 2.86. The van der Waals surface area contributed by atoms with Gasteiger partial charge < -0.3 is 5.32 Å². The van der Waals surface area contributed by atoms with Gasteiger partial charge in [-0.05, 0) is 36.6 Å². The van der Waals surface area contributed by atoms with Crippen LogP contribution in [0.4, 0.5) is 0 Å². The molecule has 0 amide bonds. The molecule has 1 fully saturated rings. The van der Waals surface area contributed by atoms with Gasteiger partial charge in [0.05, 0.1) is 17.0 Å². The zero-order valence-electron chi connectivity index (χ0n) is 12.1. The van der Waals surface area contributed by atoms with Crippen molar-refractivity contribution in [2.75, 3.05) is 18.1 Å². The second kappa shape index (κ2) is 5.73. The maximum atomic E-state index is 11.7. The van der Waals surface area contributed by atoms with Crippen molar-refractivity contribution < 1.29 is 8.42 Å². The Kier molecular flexibility index (Phi) is 3.95. The van der Waals surface area contributed by atoms with Crippen molar-refractivity contribution >= 4 is 20.7 Å². The molecule has 1 saturated heterocycles. The highest BCUT2D eigenvalue weighted by atomic mass is 32.2. The number of hydrogen-bond donors (Lipinski definition) is 1. The fourth-order valence-electron chi connectivity index (χ4n) is 3.12. The zero-order valence-corrected chi connectivity index (χ0v) is 12.9. The fourth-order valence-corrected chi connectivity index (χ4v) is 4.96. The van der Waals surface area contributed by atoms with Crippen LogP contribution in [0.25, 0.3) is 10.9 Å². The van der Waals surface area contributed by atoms with Crippen LogP contribution in [-0.4, -0.2) is 31.5 Å². The van der Waals surface area contributed by atoms with E-state index in [0.717, 1.165) is 29.4 Å². The van der Waals surface area contributed by atoms with E-state index in [-0.39, 0.29) is 17.7 Å². The minimum Gasteiger partial charge on any atom is -0.310 e.